The maximum atomic E-state index is 6.48. The fourth-order valence-corrected chi connectivity index (χ4v) is 4.21. The minimum Gasteiger partial charge on any atom is -0.379 e. The first kappa shape index (κ1) is 27.9. The Hall–Kier alpha value is -0.120. The Morgan fingerprint density at radius 3 is 1.73 bits per heavy atom. The van der Waals surface area contributed by atoms with Crippen LogP contribution in [0, 0.1) is 0 Å². The van der Waals surface area contributed by atoms with Gasteiger partial charge in [0.2, 0.25) is 0 Å². The van der Waals surface area contributed by atoms with Gasteiger partial charge in [0.05, 0.1) is 18.8 Å². The van der Waals surface area contributed by atoms with Crippen molar-refractivity contribution >= 4 is 0 Å². The van der Waals surface area contributed by atoms with E-state index < -0.39 is 0 Å². The summed E-state index contributed by atoms with van der Waals surface area (Å²) in [7, 11) is 0. The molecule has 0 aromatic rings. The largest absolute Gasteiger partial charge is 0.379 e. The molecule has 1 heterocycles. The van der Waals surface area contributed by atoms with Crippen LogP contribution >= 0.6 is 0 Å². The molecule has 0 N–H and O–H groups in total. The first-order chi connectivity index (χ1) is 14.7. The van der Waals surface area contributed by atoms with Crippen molar-refractivity contribution in [2.45, 2.75) is 148 Å². The van der Waals surface area contributed by atoms with E-state index in [1.165, 1.54) is 103 Å². The predicted octanol–water partition coefficient (Wildman–Crippen LogP) is 8.24. The summed E-state index contributed by atoms with van der Waals surface area (Å²) < 4.78 is 17.4. The zero-order valence-corrected chi connectivity index (χ0v) is 20.9. The smallest absolute Gasteiger partial charge is 0.104 e. The predicted molar refractivity (Wildman–Crippen MR) is 129 cm³/mol. The van der Waals surface area contributed by atoms with Crippen LogP contribution in [-0.2, 0) is 14.2 Å². The monoisotopic (exact) mass is 426 g/mol. The molecule has 1 aliphatic heterocycles. The molecule has 0 aromatic carbocycles. The van der Waals surface area contributed by atoms with Crippen molar-refractivity contribution in [1.29, 1.82) is 0 Å². The van der Waals surface area contributed by atoms with Crippen LogP contribution in [0.3, 0.4) is 0 Å². The quantitative estimate of drug-likeness (QED) is 0.115. The third-order valence-corrected chi connectivity index (χ3v) is 6.46. The van der Waals surface area contributed by atoms with Gasteiger partial charge in [-0.15, -0.1) is 0 Å². The maximum Gasteiger partial charge on any atom is 0.104 e. The highest BCUT2D eigenvalue weighted by Crippen LogP contribution is 2.26. The molecule has 0 spiro atoms. The molecule has 1 saturated heterocycles. The molecule has 0 aliphatic carbocycles. The molecule has 3 nitrogen and oxygen atoms in total. The normalized spacial score (nSPS) is 17.9. The number of epoxide rings is 1. The van der Waals surface area contributed by atoms with Gasteiger partial charge >= 0.3 is 0 Å². The van der Waals surface area contributed by atoms with Crippen LogP contribution in [0.25, 0.3) is 0 Å². The number of ether oxygens (including phenoxy) is 3. The lowest BCUT2D eigenvalue weighted by atomic mass is 9.92. The molecule has 30 heavy (non-hydrogen) atoms. The molecule has 0 radical (unpaired) electrons. The highest BCUT2D eigenvalue weighted by atomic mass is 16.6. The summed E-state index contributed by atoms with van der Waals surface area (Å²) in [4.78, 5) is 0. The molecule has 2 unspecified atom stereocenters. The molecule has 1 fully saturated rings. The SMILES string of the molecule is CCCCCCCCCCOC(C)(CCCCCCCCC)CCCOCC1CO1. The van der Waals surface area contributed by atoms with E-state index in [4.69, 9.17) is 14.2 Å². The lowest BCUT2D eigenvalue weighted by Crippen LogP contribution is -2.30. The van der Waals surface area contributed by atoms with Crippen LogP contribution in [0.2, 0.25) is 0 Å². The maximum absolute atomic E-state index is 6.48. The van der Waals surface area contributed by atoms with Crippen molar-refractivity contribution in [2.24, 2.45) is 0 Å². The Labute approximate surface area is 189 Å². The van der Waals surface area contributed by atoms with E-state index >= 15 is 0 Å². The first-order valence-corrected chi connectivity index (χ1v) is 13.5. The van der Waals surface area contributed by atoms with E-state index in [0.717, 1.165) is 39.3 Å². The third kappa shape index (κ3) is 17.5. The van der Waals surface area contributed by atoms with Crippen molar-refractivity contribution in [1.82, 2.24) is 0 Å². The molecule has 1 rings (SSSR count). The van der Waals surface area contributed by atoms with Crippen LogP contribution < -0.4 is 0 Å². The summed E-state index contributed by atoms with van der Waals surface area (Å²) in [6, 6.07) is 0. The number of unbranched alkanes of at least 4 members (excludes halogenated alkanes) is 13. The lowest BCUT2D eigenvalue weighted by Gasteiger charge is -2.30. The Morgan fingerprint density at radius 2 is 1.17 bits per heavy atom. The van der Waals surface area contributed by atoms with E-state index in [0.29, 0.717) is 6.10 Å². The topological polar surface area (TPSA) is 31.0 Å². The number of hydrogen-bond acceptors (Lipinski definition) is 3. The fraction of sp³-hybridized carbons (Fsp3) is 1.00. The summed E-state index contributed by atoms with van der Waals surface area (Å²) >= 11 is 0. The molecule has 0 aromatic heterocycles. The molecule has 1 aliphatic rings. The van der Waals surface area contributed by atoms with Gasteiger partial charge in [-0.25, -0.2) is 0 Å². The van der Waals surface area contributed by atoms with Gasteiger partial charge in [-0.2, -0.15) is 0 Å². The third-order valence-electron chi connectivity index (χ3n) is 6.46. The van der Waals surface area contributed by atoms with Crippen molar-refractivity contribution in [2.75, 3.05) is 26.4 Å². The van der Waals surface area contributed by atoms with Gasteiger partial charge in [0, 0.05) is 13.2 Å². The van der Waals surface area contributed by atoms with Crippen molar-refractivity contribution in [3.05, 3.63) is 0 Å². The van der Waals surface area contributed by atoms with Gasteiger partial charge in [-0.1, -0.05) is 104 Å². The van der Waals surface area contributed by atoms with Crippen LogP contribution in [0.1, 0.15) is 136 Å². The Kier molecular flexibility index (Phi) is 18.2. The lowest BCUT2D eigenvalue weighted by molar-refractivity contribution is -0.0519. The molecule has 3 heteroatoms. The Bertz CT molecular complexity index is 356. The van der Waals surface area contributed by atoms with E-state index in [-0.39, 0.29) is 5.60 Å². The van der Waals surface area contributed by atoms with E-state index in [1.54, 1.807) is 0 Å². The summed E-state index contributed by atoms with van der Waals surface area (Å²) in [5.74, 6) is 0. The van der Waals surface area contributed by atoms with E-state index in [2.05, 4.69) is 20.8 Å². The Balaban J connectivity index is 2.14. The number of rotatable bonds is 24. The highest BCUT2D eigenvalue weighted by Gasteiger charge is 2.25. The Morgan fingerprint density at radius 1 is 0.667 bits per heavy atom. The fourth-order valence-electron chi connectivity index (χ4n) is 4.21. The summed E-state index contributed by atoms with van der Waals surface area (Å²) in [5, 5.41) is 0. The molecular formula is C27H54O3. The zero-order chi connectivity index (χ0) is 21.8. The van der Waals surface area contributed by atoms with Crippen LogP contribution in [0.5, 0.6) is 0 Å². The van der Waals surface area contributed by atoms with Gasteiger partial charge in [0.25, 0.3) is 0 Å². The second kappa shape index (κ2) is 19.6. The molecule has 0 bridgehead atoms. The average molecular weight is 427 g/mol. The second-order valence-corrected chi connectivity index (χ2v) is 9.78. The first-order valence-electron chi connectivity index (χ1n) is 13.5. The standard InChI is InChI=1S/C27H54O3/c1-4-6-8-10-12-14-16-18-23-30-27(3,20-17-15-13-11-9-7-5-2)21-19-22-28-24-26-25-29-26/h26H,4-25H2,1-3H3. The van der Waals surface area contributed by atoms with Crippen molar-refractivity contribution in [3.8, 4) is 0 Å². The van der Waals surface area contributed by atoms with Crippen LogP contribution in [0.15, 0.2) is 0 Å². The molecule has 180 valence electrons. The van der Waals surface area contributed by atoms with E-state index in [1.807, 2.05) is 0 Å². The molecular weight excluding hydrogens is 372 g/mol. The van der Waals surface area contributed by atoms with Crippen molar-refractivity contribution < 1.29 is 14.2 Å². The van der Waals surface area contributed by atoms with Gasteiger partial charge in [0.15, 0.2) is 0 Å². The zero-order valence-electron chi connectivity index (χ0n) is 20.9. The highest BCUT2D eigenvalue weighted by molar-refractivity contribution is 4.76. The minimum atomic E-state index is 0.0317. The molecule has 0 saturated carbocycles. The summed E-state index contributed by atoms with van der Waals surface area (Å²) in [6.07, 6.45) is 24.3. The summed E-state index contributed by atoms with van der Waals surface area (Å²) in [5.41, 5.74) is 0.0317. The van der Waals surface area contributed by atoms with Gasteiger partial charge < -0.3 is 14.2 Å². The summed E-state index contributed by atoms with van der Waals surface area (Å²) in [6.45, 7) is 10.3. The van der Waals surface area contributed by atoms with E-state index in [9.17, 15) is 0 Å². The average Bonchev–Trinajstić information content (AvgIpc) is 3.56. The van der Waals surface area contributed by atoms with Crippen molar-refractivity contribution in [3.63, 3.8) is 0 Å². The second-order valence-electron chi connectivity index (χ2n) is 9.78. The van der Waals surface area contributed by atoms with Crippen LogP contribution in [0.4, 0.5) is 0 Å². The minimum absolute atomic E-state index is 0.0317. The molecule has 2 atom stereocenters. The van der Waals surface area contributed by atoms with Crippen LogP contribution in [-0.4, -0.2) is 38.1 Å². The number of hydrogen-bond donors (Lipinski definition) is 0. The molecule has 0 amide bonds. The van der Waals surface area contributed by atoms with Gasteiger partial charge in [-0.3, -0.25) is 0 Å². The van der Waals surface area contributed by atoms with Gasteiger partial charge in [0.1, 0.15) is 6.10 Å². The van der Waals surface area contributed by atoms with Gasteiger partial charge in [-0.05, 0) is 32.6 Å².